The summed E-state index contributed by atoms with van der Waals surface area (Å²) in [5.74, 6) is 0.116. The first-order valence-corrected chi connectivity index (χ1v) is 6.45. The fourth-order valence-electron chi connectivity index (χ4n) is 2.93. The van der Waals surface area contributed by atoms with Crippen molar-refractivity contribution >= 4 is 5.91 Å². The molecule has 2 aliphatic heterocycles. The van der Waals surface area contributed by atoms with Gasteiger partial charge in [-0.2, -0.15) is 0 Å². The van der Waals surface area contributed by atoms with Crippen LogP contribution in [0, 0.1) is 0 Å². The van der Waals surface area contributed by atoms with Gasteiger partial charge in [-0.15, -0.1) is 0 Å². The molecule has 2 rings (SSSR count). The standard InChI is InChI=1S/C13H22N2O/c1-3-5-8-14-10-12-11(14)7-6-9-15(12)13(16)4-2/h4,11-12H,2-3,5-10H2,1H3. The van der Waals surface area contributed by atoms with Crippen LogP contribution < -0.4 is 0 Å². The highest BCUT2D eigenvalue weighted by molar-refractivity contribution is 5.87. The first-order valence-electron chi connectivity index (χ1n) is 6.45. The van der Waals surface area contributed by atoms with Gasteiger partial charge in [0.1, 0.15) is 0 Å². The Hall–Kier alpha value is -0.830. The Morgan fingerprint density at radius 2 is 2.31 bits per heavy atom. The lowest BCUT2D eigenvalue weighted by molar-refractivity contribution is -0.140. The number of piperidine rings is 1. The number of hydrogen-bond acceptors (Lipinski definition) is 2. The Balaban J connectivity index is 1.90. The average molecular weight is 222 g/mol. The Labute approximate surface area is 98.1 Å². The van der Waals surface area contributed by atoms with E-state index in [1.807, 2.05) is 4.90 Å². The summed E-state index contributed by atoms with van der Waals surface area (Å²) < 4.78 is 0. The van der Waals surface area contributed by atoms with Crippen LogP contribution in [0.15, 0.2) is 12.7 Å². The van der Waals surface area contributed by atoms with E-state index in [2.05, 4.69) is 18.4 Å². The predicted octanol–water partition coefficient (Wildman–Crippen LogP) is 1.65. The van der Waals surface area contributed by atoms with Crippen LogP contribution in [0.2, 0.25) is 0 Å². The molecule has 0 radical (unpaired) electrons. The van der Waals surface area contributed by atoms with E-state index in [4.69, 9.17) is 0 Å². The fourth-order valence-corrected chi connectivity index (χ4v) is 2.93. The molecule has 0 aromatic carbocycles. The van der Waals surface area contributed by atoms with Crippen molar-refractivity contribution in [3.05, 3.63) is 12.7 Å². The second-order valence-electron chi connectivity index (χ2n) is 4.86. The number of carbonyl (C=O) groups excluding carboxylic acids is 1. The summed E-state index contributed by atoms with van der Waals surface area (Å²) in [6.07, 6.45) is 6.39. The minimum atomic E-state index is 0.116. The Bertz CT molecular complexity index is 277. The molecule has 3 heteroatoms. The van der Waals surface area contributed by atoms with Crippen LogP contribution in [0.1, 0.15) is 32.6 Å². The number of unbranched alkanes of at least 4 members (excludes halogenated alkanes) is 1. The minimum absolute atomic E-state index is 0.116. The molecule has 2 unspecified atom stereocenters. The van der Waals surface area contributed by atoms with Crippen LogP contribution in [-0.2, 0) is 4.79 Å². The summed E-state index contributed by atoms with van der Waals surface area (Å²) in [6.45, 7) is 9.01. The van der Waals surface area contributed by atoms with Crippen LogP contribution >= 0.6 is 0 Å². The topological polar surface area (TPSA) is 23.6 Å². The van der Waals surface area contributed by atoms with Gasteiger partial charge in [0.15, 0.2) is 0 Å². The van der Waals surface area contributed by atoms with E-state index >= 15 is 0 Å². The first kappa shape index (κ1) is 11.6. The van der Waals surface area contributed by atoms with Crippen molar-refractivity contribution in [3.8, 4) is 0 Å². The molecular weight excluding hydrogens is 200 g/mol. The summed E-state index contributed by atoms with van der Waals surface area (Å²) in [6, 6.07) is 1.10. The lowest BCUT2D eigenvalue weighted by Crippen LogP contribution is -2.69. The largest absolute Gasteiger partial charge is 0.333 e. The molecule has 90 valence electrons. The van der Waals surface area contributed by atoms with Crippen molar-refractivity contribution in [1.82, 2.24) is 9.80 Å². The van der Waals surface area contributed by atoms with Crippen LogP contribution in [0.3, 0.4) is 0 Å². The molecule has 16 heavy (non-hydrogen) atoms. The van der Waals surface area contributed by atoms with Crippen molar-refractivity contribution < 1.29 is 4.79 Å². The Morgan fingerprint density at radius 3 is 3.00 bits per heavy atom. The molecule has 2 heterocycles. The van der Waals surface area contributed by atoms with E-state index in [0.29, 0.717) is 12.1 Å². The van der Waals surface area contributed by atoms with Crippen LogP contribution in [-0.4, -0.2) is 47.4 Å². The molecular formula is C13H22N2O. The van der Waals surface area contributed by atoms with Crippen LogP contribution in [0.5, 0.6) is 0 Å². The maximum absolute atomic E-state index is 11.7. The second-order valence-corrected chi connectivity index (χ2v) is 4.86. The highest BCUT2D eigenvalue weighted by atomic mass is 16.2. The Morgan fingerprint density at radius 1 is 1.50 bits per heavy atom. The van der Waals surface area contributed by atoms with Crippen LogP contribution in [0.25, 0.3) is 0 Å². The number of likely N-dealkylation sites (tertiary alicyclic amines) is 2. The number of rotatable bonds is 4. The highest BCUT2D eigenvalue weighted by Gasteiger charge is 2.44. The Kier molecular flexibility index (Phi) is 3.64. The van der Waals surface area contributed by atoms with E-state index in [1.165, 1.54) is 31.9 Å². The summed E-state index contributed by atoms with van der Waals surface area (Å²) in [5, 5.41) is 0. The van der Waals surface area contributed by atoms with E-state index in [-0.39, 0.29) is 5.91 Å². The molecule has 0 aliphatic carbocycles. The van der Waals surface area contributed by atoms with E-state index < -0.39 is 0 Å². The van der Waals surface area contributed by atoms with Gasteiger partial charge < -0.3 is 4.90 Å². The van der Waals surface area contributed by atoms with Crippen LogP contribution in [0.4, 0.5) is 0 Å². The third-order valence-electron chi connectivity index (χ3n) is 3.89. The van der Waals surface area contributed by atoms with E-state index in [0.717, 1.165) is 19.5 Å². The van der Waals surface area contributed by atoms with Crippen molar-refractivity contribution in [2.45, 2.75) is 44.7 Å². The van der Waals surface area contributed by atoms with Crippen molar-refractivity contribution in [2.24, 2.45) is 0 Å². The van der Waals surface area contributed by atoms with Gasteiger partial charge in [0.25, 0.3) is 0 Å². The monoisotopic (exact) mass is 222 g/mol. The van der Waals surface area contributed by atoms with Gasteiger partial charge in [-0.05, 0) is 31.9 Å². The first-order chi connectivity index (χ1) is 7.77. The van der Waals surface area contributed by atoms with Gasteiger partial charge in [0, 0.05) is 19.1 Å². The lowest BCUT2D eigenvalue weighted by atomic mass is 9.86. The molecule has 2 fully saturated rings. The normalized spacial score (nSPS) is 29.4. The molecule has 3 nitrogen and oxygen atoms in total. The third kappa shape index (κ3) is 2.01. The quantitative estimate of drug-likeness (QED) is 0.675. The number of fused-ring (bicyclic) bond motifs is 1. The molecule has 2 atom stereocenters. The summed E-state index contributed by atoms with van der Waals surface area (Å²) >= 11 is 0. The summed E-state index contributed by atoms with van der Waals surface area (Å²) in [7, 11) is 0. The van der Waals surface area contributed by atoms with Crippen molar-refractivity contribution in [3.63, 3.8) is 0 Å². The third-order valence-corrected chi connectivity index (χ3v) is 3.89. The minimum Gasteiger partial charge on any atom is -0.333 e. The average Bonchev–Trinajstić information content (AvgIpc) is 2.29. The number of carbonyl (C=O) groups is 1. The zero-order chi connectivity index (χ0) is 11.5. The molecule has 2 saturated heterocycles. The van der Waals surface area contributed by atoms with Crippen molar-refractivity contribution in [2.75, 3.05) is 19.6 Å². The number of hydrogen-bond donors (Lipinski definition) is 0. The zero-order valence-electron chi connectivity index (χ0n) is 10.2. The van der Waals surface area contributed by atoms with Gasteiger partial charge in [-0.1, -0.05) is 19.9 Å². The maximum Gasteiger partial charge on any atom is 0.246 e. The fraction of sp³-hybridized carbons (Fsp3) is 0.769. The highest BCUT2D eigenvalue weighted by Crippen LogP contribution is 2.31. The van der Waals surface area contributed by atoms with Gasteiger partial charge in [0.05, 0.1) is 6.04 Å². The predicted molar refractivity (Wildman–Crippen MR) is 65.2 cm³/mol. The second kappa shape index (κ2) is 5.00. The maximum atomic E-state index is 11.7. The van der Waals surface area contributed by atoms with Gasteiger partial charge in [-0.3, -0.25) is 9.69 Å². The smallest absolute Gasteiger partial charge is 0.246 e. The zero-order valence-corrected chi connectivity index (χ0v) is 10.2. The molecule has 0 aromatic heterocycles. The SMILES string of the molecule is C=CC(=O)N1CCCC2C1CN2CCCC. The number of nitrogens with zero attached hydrogens (tertiary/aromatic N) is 2. The lowest BCUT2D eigenvalue weighted by Gasteiger charge is -2.55. The van der Waals surface area contributed by atoms with E-state index in [9.17, 15) is 4.79 Å². The number of amides is 1. The molecule has 0 spiro atoms. The van der Waals surface area contributed by atoms with Gasteiger partial charge in [-0.25, -0.2) is 0 Å². The molecule has 2 aliphatic rings. The van der Waals surface area contributed by atoms with Crippen molar-refractivity contribution in [1.29, 1.82) is 0 Å². The summed E-state index contributed by atoms with van der Waals surface area (Å²) in [4.78, 5) is 16.2. The van der Waals surface area contributed by atoms with E-state index in [1.54, 1.807) is 0 Å². The molecule has 0 aromatic rings. The molecule has 0 saturated carbocycles. The molecule has 0 bridgehead atoms. The van der Waals surface area contributed by atoms with Gasteiger partial charge in [0.2, 0.25) is 5.91 Å². The molecule has 0 N–H and O–H groups in total. The summed E-state index contributed by atoms with van der Waals surface area (Å²) in [5.41, 5.74) is 0. The molecule has 1 amide bonds. The van der Waals surface area contributed by atoms with Gasteiger partial charge >= 0.3 is 0 Å².